The fourth-order valence-corrected chi connectivity index (χ4v) is 3.58. The largest absolute Gasteiger partial charge is 0.344 e. The smallest absolute Gasteiger partial charge is 0.270 e. The van der Waals surface area contributed by atoms with Gasteiger partial charge >= 0.3 is 0 Å². The van der Waals surface area contributed by atoms with Gasteiger partial charge in [0.1, 0.15) is 17.2 Å². The number of imidazole rings is 1. The second kappa shape index (κ2) is 8.78. The van der Waals surface area contributed by atoms with Crippen LogP contribution in [0.5, 0.6) is 0 Å². The van der Waals surface area contributed by atoms with Crippen LogP contribution in [-0.2, 0) is 0 Å². The number of rotatable bonds is 6. The third-order valence-corrected chi connectivity index (χ3v) is 5.14. The second-order valence-electron chi connectivity index (χ2n) is 7.65. The molecule has 4 aromatic rings. The van der Waals surface area contributed by atoms with E-state index in [0.717, 1.165) is 16.7 Å². The summed E-state index contributed by atoms with van der Waals surface area (Å²) >= 11 is 0. The van der Waals surface area contributed by atoms with Crippen molar-refractivity contribution in [2.24, 2.45) is 5.92 Å². The third kappa shape index (κ3) is 4.18. The number of H-pyrrole nitrogens is 1. The van der Waals surface area contributed by atoms with Crippen molar-refractivity contribution in [1.29, 1.82) is 0 Å². The third-order valence-electron chi connectivity index (χ3n) is 5.14. The molecule has 4 rings (SSSR count). The highest BCUT2D eigenvalue weighted by Gasteiger charge is 2.24. The summed E-state index contributed by atoms with van der Waals surface area (Å²) in [5, 5.41) is 3.21. The molecule has 30 heavy (non-hydrogen) atoms. The number of hydrogen-bond acceptors (Lipinski definition) is 2. The predicted molar refractivity (Wildman–Crippen MR) is 121 cm³/mol. The summed E-state index contributed by atoms with van der Waals surface area (Å²) in [6.45, 7) is 4.22. The fourth-order valence-electron chi connectivity index (χ4n) is 3.58. The maximum atomic E-state index is 13.4. The average molecular weight is 396 g/mol. The van der Waals surface area contributed by atoms with Gasteiger partial charge in [-0.1, -0.05) is 105 Å². The van der Waals surface area contributed by atoms with Crippen molar-refractivity contribution >= 4 is 5.91 Å². The van der Waals surface area contributed by atoms with Gasteiger partial charge in [-0.15, -0.1) is 0 Å². The second-order valence-corrected chi connectivity index (χ2v) is 7.65. The van der Waals surface area contributed by atoms with E-state index in [2.05, 4.69) is 24.1 Å². The first-order valence-electron chi connectivity index (χ1n) is 10.2. The maximum Gasteiger partial charge on any atom is 0.270 e. The summed E-state index contributed by atoms with van der Waals surface area (Å²) in [4.78, 5) is 21.4. The van der Waals surface area contributed by atoms with E-state index in [4.69, 9.17) is 4.98 Å². The van der Waals surface area contributed by atoms with Gasteiger partial charge in [0.15, 0.2) is 0 Å². The molecule has 1 atom stereocenters. The molecule has 0 aliphatic rings. The molecule has 3 aromatic carbocycles. The SMILES string of the molecule is CC(C)C(NC(=O)c1[nH]c(-c2ccccc2)nc1-c1ccccc1)c1ccccc1. The van der Waals surface area contributed by atoms with Crippen LogP contribution in [0.1, 0.15) is 35.9 Å². The van der Waals surface area contributed by atoms with Gasteiger partial charge in [-0.05, 0) is 11.5 Å². The number of aromatic nitrogens is 2. The van der Waals surface area contributed by atoms with Crippen LogP contribution in [0.25, 0.3) is 22.6 Å². The van der Waals surface area contributed by atoms with Gasteiger partial charge in [-0.2, -0.15) is 0 Å². The summed E-state index contributed by atoms with van der Waals surface area (Å²) in [5.74, 6) is 0.763. The van der Waals surface area contributed by atoms with Crippen molar-refractivity contribution in [1.82, 2.24) is 15.3 Å². The number of carbonyl (C=O) groups is 1. The van der Waals surface area contributed by atoms with Crippen LogP contribution in [-0.4, -0.2) is 15.9 Å². The Morgan fingerprint density at radius 3 is 1.90 bits per heavy atom. The lowest BCUT2D eigenvalue weighted by Crippen LogP contribution is -2.32. The van der Waals surface area contributed by atoms with Crippen LogP contribution in [0.3, 0.4) is 0 Å². The number of carbonyl (C=O) groups excluding carboxylic acids is 1. The van der Waals surface area contributed by atoms with Crippen molar-refractivity contribution in [2.45, 2.75) is 19.9 Å². The zero-order valence-corrected chi connectivity index (χ0v) is 17.2. The molecule has 0 aliphatic heterocycles. The number of amides is 1. The molecule has 150 valence electrons. The van der Waals surface area contributed by atoms with Gasteiger partial charge in [0, 0.05) is 11.1 Å². The molecule has 4 nitrogen and oxygen atoms in total. The Bertz CT molecular complexity index is 1100. The number of aromatic amines is 1. The standard InChI is InChI=1S/C26H25N3O/c1-18(2)22(19-12-6-3-7-13-19)29-26(30)24-23(20-14-8-4-9-15-20)27-25(28-24)21-16-10-5-11-17-21/h3-18,22H,1-2H3,(H,27,28)(H,29,30). The molecule has 1 unspecified atom stereocenters. The molecule has 1 aromatic heterocycles. The fraction of sp³-hybridized carbons (Fsp3) is 0.154. The van der Waals surface area contributed by atoms with Crippen molar-refractivity contribution in [2.75, 3.05) is 0 Å². The molecule has 2 N–H and O–H groups in total. The lowest BCUT2D eigenvalue weighted by molar-refractivity contribution is 0.0922. The van der Waals surface area contributed by atoms with E-state index in [0.29, 0.717) is 17.2 Å². The molecule has 0 aliphatic carbocycles. The van der Waals surface area contributed by atoms with Crippen LogP contribution in [0.15, 0.2) is 91.0 Å². The van der Waals surface area contributed by atoms with Gasteiger partial charge in [0.2, 0.25) is 0 Å². The van der Waals surface area contributed by atoms with E-state index in [1.807, 2.05) is 91.0 Å². The Hall–Kier alpha value is -3.66. The van der Waals surface area contributed by atoms with Crippen molar-refractivity contribution in [3.8, 4) is 22.6 Å². The lowest BCUT2D eigenvalue weighted by Gasteiger charge is -2.22. The quantitative estimate of drug-likeness (QED) is 0.429. The first-order valence-corrected chi connectivity index (χ1v) is 10.2. The normalized spacial score (nSPS) is 12.0. The van der Waals surface area contributed by atoms with Crippen LogP contribution >= 0.6 is 0 Å². The minimum Gasteiger partial charge on any atom is -0.344 e. The Balaban J connectivity index is 1.73. The number of benzene rings is 3. The Labute approximate surface area is 177 Å². The Morgan fingerprint density at radius 1 is 0.800 bits per heavy atom. The van der Waals surface area contributed by atoms with E-state index in [1.165, 1.54) is 0 Å². The molecule has 1 heterocycles. The van der Waals surface area contributed by atoms with E-state index in [1.54, 1.807) is 0 Å². The number of nitrogens with zero attached hydrogens (tertiary/aromatic N) is 1. The minimum absolute atomic E-state index is 0.0919. The summed E-state index contributed by atoms with van der Waals surface area (Å²) in [7, 11) is 0. The van der Waals surface area contributed by atoms with E-state index in [9.17, 15) is 4.79 Å². The van der Waals surface area contributed by atoms with Crippen LogP contribution in [0.2, 0.25) is 0 Å². The van der Waals surface area contributed by atoms with Gasteiger partial charge in [-0.25, -0.2) is 4.98 Å². The maximum absolute atomic E-state index is 13.4. The zero-order valence-electron chi connectivity index (χ0n) is 17.2. The average Bonchev–Trinajstić information content (AvgIpc) is 3.25. The minimum atomic E-state index is -0.161. The first kappa shape index (κ1) is 19.6. The van der Waals surface area contributed by atoms with E-state index in [-0.39, 0.29) is 17.9 Å². The zero-order chi connectivity index (χ0) is 20.9. The summed E-state index contributed by atoms with van der Waals surface area (Å²) in [6.07, 6.45) is 0. The van der Waals surface area contributed by atoms with Crippen molar-refractivity contribution in [3.63, 3.8) is 0 Å². The van der Waals surface area contributed by atoms with E-state index >= 15 is 0 Å². The van der Waals surface area contributed by atoms with E-state index < -0.39 is 0 Å². The van der Waals surface area contributed by atoms with Gasteiger partial charge in [0.05, 0.1) is 6.04 Å². The molecule has 0 bridgehead atoms. The van der Waals surface area contributed by atoms with Crippen molar-refractivity contribution in [3.05, 3.63) is 102 Å². The van der Waals surface area contributed by atoms with Crippen LogP contribution in [0, 0.1) is 5.92 Å². The number of nitrogens with one attached hydrogen (secondary N) is 2. The Morgan fingerprint density at radius 2 is 1.33 bits per heavy atom. The van der Waals surface area contributed by atoms with Crippen molar-refractivity contribution < 1.29 is 4.79 Å². The predicted octanol–water partition coefficient (Wildman–Crippen LogP) is 5.87. The summed E-state index contributed by atoms with van der Waals surface area (Å²) in [5.41, 5.74) is 4.06. The Kier molecular flexibility index (Phi) is 5.75. The highest BCUT2D eigenvalue weighted by Crippen LogP contribution is 2.28. The van der Waals surface area contributed by atoms with Gasteiger partial charge in [0.25, 0.3) is 5.91 Å². The lowest BCUT2D eigenvalue weighted by atomic mass is 9.96. The molecule has 4 heteroatoms. The molecule has 1 amide bonds. The molecule has 0 saturated heterocycles. The summed E-state index contributed by atoms with van der Waals surface area (Å²) in [6, 6.07) is 29.6. The highest BCUT2D eigenvalue weighted by molar-refractivity contribution is 5.99. The van der Waals surface area contributed by atoms with Gasteiger partial charge < -0.3 is 10.3 Å². The van der Waals surface area contributed by atoms with Crippen LogP contribution < -0.4 is 5.32 Å². The van der Waals surface area contributed by atoms with Crippen LogP contribution in [0.4, 0.5) is 0 Å². The topological polar surface area (TPSA) is 57.8 Å². The monoisotopic (exact) mass is 395 g/mol. The summed E-state index contributed by atoms with van der Waals surface area (Å²) < 4.78 is 0. The molecular formula is C26H25N3O. The molecular weight excluding hydrogens is 370 g/mol. The van der Waals surface area contributed by atoms with Gasteiger partial charge in [-0.3, -0.25) is 4.79 Å². The number of hydrogen-bond donors (Lipinski definition) is 2. The molecule has 0 fully saturated rings. The molecule has 0 radical (unpaired) electrons. The first-order chi connectivity index (χ1) is 14.6. The highest BCUT2D eigenvalue weighted by atomic mass is 16.2. The molecule has 0 spiro atoms. The molecule has 0 saturated carbocycles.